The molecule has 4 nitrogen and oxygen atoms in total. The largest absolute Gasteiger partial charge is 0.313 e. The molecule has 1 aliphatic heterocycles. The van der Waals surface area contributed by atoms with Crippen molar-refractivity contribution in [1.82, 2.24) is 9.62 Å². The standard InChI is InChI=1S/C14H20Cl2N2O2S/c1-2-8-18(10-12-4-3-7-17-12)21(19,20)14-9-11(15)5-6-13(14)16/h5-6,9,12,17H,2-4,7-8,10H2,1H3. The Morgan fingerprint density at radius 3 is 2.76 bits per heavy atom. The van der Waals surface area contributed by atoms with Gasteiger partial charge in [0, 0.05) is 24.2 Å². The Morgan fingerprint density at radius 2 is 2.14 bits per heavy atom. The van der Waals surface area contributed by atoms with E-state index in [0.717, 1.165) is 25.8 Å². The summed E-state index contributed by atoms with van der Waals surface area (Å²) in [5, 5.41) is 3.91. The Labute approximate surface area is 136 Å². The molecule has 0 bridgehead atoms. The van der Waals surface area contributed by atoms with Crippen molar-refractivity contribution in [3.05, 3.63) is 28.2 Å². The molecule has 0 aromatic heterocycles. The van der Waals surface area contributed by atoms with E-state index in [2.05, 4.69) is 5.32 Å². The molecule has 1 aromatic rings. The van der Waals surface area contributed by atoms with Gasteiger partial charge in [0.1, 0.15) is 4.90 Å². The van der Waals surface area contributed by atoms with Crippen LogP contribution in [0.5, 0.6) is 0 Å². The Kier molecular flexibility index (Phi) is 5.91. The molecule has 118 valence electrons. The summed E-state index contributed by atoms with van der Waals surface area (Å²) in [7, 11) is -3.63. The zero-order valence-corrected chi connectivity index (χ0v) is 14.3. The van der Waals surface area contributed by atoms with Gasteiger partial charge in [-0.1, -0.05) is 30.1 Å². The zero-order chi connectivity index (χ0) is 15.5. The van der Waals surface area contributed by atoms with Crippen molar-refractivity contribution in [2.24, 2.45) is 0 Å². The first kappa shape index (κ1) is 17.0. The third kappa shape index (κ3) is 4.11. The third-order valence-electron chi connectivity index (χ3n) is 3.57. The molecule has 2 rings (SSSR count). The smallest absolute Gasteiger partial charge is 0.244 e. The SMILES string of the molecule is CCCN(CC1CCCN1)S(=O)(=O)c1cc(Cl)ccc1Cl. The van der Waals surface area contributed by atoms with E-state index < -0.39 is 10.0 Å². The highest BCUT2D eigenvalue weighted by molar-refractivity contribution is 7.89. The quantitative estimate of drug-likeness (QED) is 0.857. The lowest BCUT2D eigenvalue weighted by Crippen LogP contribution is -2.41. The Morgan fingerprint density at radius 1 is 1.38 bits per heavy atom. The van der Waals surface area contributed by atoms with Gasteiger partial charge in [-0.2, -0.15) is 4.31 Å². The first-order valence-electron chi connectivity index (χ1n) is 7.13. The van der Waals surface area contributed by atoms with Gasteiger partial charge < -0.3 is 5.32 Å². The fraction of sp³-hybridized carbons (Fsp3) is 0.571. The monoisotopic (exact) mass is 350 g/mol. The highest BCUT2D eigenvalue weighted by atomic mass is 35.5. The lowest BCUT2D eigenvalue weighted by molar-refractivity contribution is 0.369. The first-order valence-corrected chi connectivity index (χ1v) is 9.33. The van der Waals surface area contributed by atoms with Crippen molar-refractivity contribution in [3.63, 3.8) is 0 Å². The summed E-state index contributed by atoms with van der Waals surface area (Å²) >= 11 is 12.0. The fourth-order valence-electron chi connectivity index (χ4n) is 2.53. The Hall–Kier alpha value is -0.330. The van der Waals surface area contributed by atoms with Crippen molar-refractivity contribution < 1.29 is 8.42 Å². The van der Waals surface area contributed by atoms with Gasteiger partial charge in [0.15, 0.2) is 0 Å². The summed E-state index contributed by atoms with van der Waals surface area (Å²) in [5.74, 6) is 0. The van der Waals surface area contributed by atoms with Crippen LogP contribution < -0.4 is 5.32 Å². The number of hydrogen-bond acceptors (Lipinski definition) is 3. The van der Waals surface area contributed by atoms with Gasteiger partial charge in [0.25, 0.3) is 0 Å². The number of halogens is 2. The van der Waals surface area contributed by atoms with Crippen LogP contribution in [0.25, 0.3) is 0 Å². The molecule has 21 heavy (non-hydrogen) atoms. The predicted molar refractivity (Wildman–Crippen MR) is 86.5 cm³/mol. The lowest BCUT2D eigenvalue weighted by Gasteiger charge is -2.25. The van der Waals surface area contributed by atoms with Gasteiger partial charge in [0.05, 0.1) is 5.02 Å². The minimum atomic E-state index is -3.63. The molecule has 0 amide bonds. The summed E-state index contributed by atoms with van der Waals surface area (Å²) < 4.78 is 27.2. The summed E-state index contributed by atoms with van der Waals surface area (Å²) in [6.45, 7) is 3.86. The summed E-state index contributed by atoms with van der Waals surface area (Å²) in [4.78, 5) is 0.0862. The van der Waals surface area contributed by atoms with Gasteiger partial charge >= 0.3 is 0 Å². The molecule has 1 N–H and O–H groups in total. The average Bonchev–Trinajstić information content (AvgIpc) is 2.94. The van der Waals surface area contributed by atoms with E-state index in [4.69, 9.17) is 23.2 Å². The van der Waals surface area contributed by atoms with Gasteiger partial charge in [-0.3, -0.25) is 0 Å². The van der Waals surface area contributed by atoms with Crippen LogP contribution in [0.2, 0.25) is 10.0 Å². The number of sulfonamides is 1. The zero-order valence-electron chi connectivity index (χ0n) is 12.0. The van der Waals surface area contributed by atoms with Crippen molar-refractivity contribution in [2.75, 3.05) is 19.6 Å². The van der Waals surface area contributed by atoms with E-state index in [0.29, 0.717) is 18.1 Å². The van der Waals surface area contributed by atoms with Gasteiger partial charge in [-0.15, -0.1) is 0 Å². The van der Waals surface area contributed by atoms with E-state index in [1.165, 1.54) is 16.4 Å². The van der Waals surface area contributed by atoms with Crippen molar-refractivity contribution in [3.8, 4) is 0 Å². The Bertz CT molecular complexity index is 587. The second kappa shape index (κ2) is 7.29. The van der Waals surface area contributed by atoms with Crippen molar-refractivity contribution in [2.45, 2.75) is 37.1 Å². The molecule has 1 saturated heterocycles. The molecular formula is C14H20Cl2N2O2S. The van der Waals surface area contributed by atoms with Crippen LogP contribution in [0.1, 0.15) is 26.2 Å². The minimum Gasteiger partial charge on any atom is -0.313 e. The van der Waals surface area contributed by atoms with E-state index in [1.807, 2.05) is 6.92 Å². The van der Waals surface area contributed by atoms with Crippen LogP contribution in [0.15, 0.2) is 23.1 Å². The molecule has 1 aliphatic rings. The van der Waals surface area contributed by atoms with Crippen LogP contribution in [-0.4, -0.2) is 38.4 Å². The summed E-state index contributed by atoms with van der Waals surface area (Å²) in [6.07, 6.45) is 2.84. The van der Waals surface area contributed by atoms with Crippen molar-refractivity contribution in [1.29, 1.82) is 0 Å². The number of nitrogens with one attached hydrogen (secondary N) is 1. The summed E-state index contributed by atoms with van der Waals surface area (Å²) in [5.41, 5.74) is 0. The van der Waals surface area contributed by atoms with Crippen LogP contribution in [0.3, 0.4) is 0 Å². The lowest BCUT2D eigenvalue weighted by atomic mass is 10.2. The molecule has 1 fully saturated rings. The molecule has 1 atom stereocenters. The second-order valence-corrected chi connectivity index (χ2v) is 7.98. The van der Waals surface area contributed by atoms with Gasteiger partial charge in [-0.05, 0) is 44.0 Å². The Balaban J connectivity index is 2.29. The van der Waals surface area contributed by atoms with E-state index >= 15 is 0 Å². The third-order valence-corrected chi connectivity index (χ3v) is 6.15. The summed E-state index contributed by atoms with van der Waals surface area (Å²) in [6, 6.07) is 4.74. The molecular weight excluding hydrogens is 331 g/mol. The van der Waals surface area contributed by atoms with Gasteiger partial charge in [-0.25, -0.2) is 8.42 Å². The molecule has 7 heteroatoms. The molecule has 1 unspecified atom stereocenters. The molecule has 0 radical (unpaired) electrons. The molecule has 1 aromatic carbocycles. The molecule has 0 aliphatic carbocycles. The fourth-order valence-corrected chi connectivity index (χ4v) is 4.85. The first-order chi connectivity index (χ1) is 9.95. The van der Waals surface area contributed by atoms with Crippen LogP contribution >= 0.6 is 23.2 Å². The predicted octanol–water partition coefficient (Wildman–Crippen LogP) is 3.15. The van der Waals surface area contributed by atoms with E-state index in [-0.39, 0.29) is 16.0 Å². The van der Waals surface area contributed by atoms with E-state index in [9.17, 15) is 8.42 Å². The maximum absolute atomic E-state index is 12.8. The highest BCUT2D eigenvalue weighted by Crippen LogP contribution is 2.28. The van der Waals surface area contributed by atoms with Crippen LogP contribution in [0, 0.1) is 0 Å². The average molecular weight is 351 g/mol. The van der Waals surface area contributed by atoms with Gasteiger partial charge in [0.2, 0.25) is 10.0 Å². The topological polar surface area (TPSA) is 49.4 Å². The molecule has 0 saturated carbocycles. The highest BCUT2D eigenvalue weighted by Gasteiger charge is 2.29. The van der Waals surface area contributed by atoms with Crippen LogP contribution in [-0.2, 0) is 10.0 Å². The molecule has 1 heterocycles. The van der Waals surface area contributed by atoms with Crippen molar-refractivity contribution >= 4 is 33.2 Å². The maximum Gasteiger partial charge on any atom is 0.244 e. The normalized spacial score (nSPS) is 19.3. The van der Waals surface area contributed by atoms with Crippen LogP contribution in [0.4, 0.5) is 0 Å². The number of hydrogen-bond donors (Lipinski definition) is 1. The number of nitrogens with zero attached hydrogens (tertiary/aromatic N) is 1. The number of rotatable bonds is 6. The molecule has 0 spiro atoms. The minimum absolute atomic E-state index is 0.0862. The maximum atomic E-state index is 12.8. The van der Waals surface area contributed by atoms with E-state index in [1.54, 1.807) is 6.07 Å². The second-order valence-electron chi connectivity index (χ2n) is 5.23. The number of benzene rings is 1.